The molecule has 0 atom stereocenters. The normalized spacial score (nSPS) is 11.0. The summed E-state index contributed by atoms with van der Waals surface area (Å²) in [4.78, 5) is 28.6. The Morgan fingerprint density at radius 2 is 1.96 bits per heavy atom. The van der Waals surface area contributed by atoms with E-state index in [4.69, 9.17) is 4.42 Å². The molecule has 6 heteroatoms. The van der Waals surface area contributed by atoms with Crippen molar-refractivity contribution in [2.45, 2.75) is 6.54 Å². The van der Waals surface area contributed by atoms with Gasteiger partial charge in [0.1, 0.15) is 6.54 Å². The highest BCUT2D eigenvalue weighted by atomic mass is 16.4. The summed E-state index contributed by atoms with van der Waals surface area (Å²) >= 11 is 0. The molecule has 4 rings (SSSR count). The lowest BCUT2D eigenvalue weighted by Gasteiger charge is -2.08. The molecule has 0 unspecified atom stereocenters. The SMILES string of the molecule is O=C(Cn1c(=O)oc2ccccc21)Nc1cccc2ncccc12. The van der Waals surface area contributed by atoms with Gasteiger partial charge in [0.05, 0.1) is 16.7 Å². The number of nitrogens with one attached hydrogen (secondary N) is 1. The fourth-order valence-corrected chi connectivity index (χ4v) is 2.71. The predicted molar refractivity (Wildman–Crippen MR) is 90.8 cm³/mol. The van der Waals surface area contributed by atoms with Crippen molar-refractivity contribution in [2.75, 3.05) is 5.32 Å². The van der Waals surface area contributed by atoms with Gasteiger partial charge in [-0.3, -0.25) is 14.3 Å². The number of para-hydroxylation sites is 2. The van der Waals surface area contributed by atoms with Gasteiger partial charge in [0, 0.05) is 11.6 Å². The van der Waals surface area contributed by atoms with E-state index < -0.39 is 5.76 Å². The number of amides is 1. The summed E-state index contributed by atoms with van der Waals surface area (Å²) in [5, 5.41) is 3.68. The zero-order valence-electron chi connectivity index (χ0n) is 12.6. The number of oxazole rings is 1. The Morgan fingerprint density at radius 3 is 2.88 bits per heavy atom. The molecule has 2 aromatic carbocycles. The number of carbonyl (C=O) groups excluding carboxylic acids is 1. The molecule has 0 aliphatic carbocycles. The maximum absolute atomic E-state index is 12.4. The van der Waals surface area contributed by atoms with Crippen LogP contribution in [-0.4, -0.2) is 15.5 Å². The molecule has 0 saturated carbocycles. The van der Waals surface area contributed by atoms with Gasteiger partial charge in [-0.15, -0.1) is 0 Å². The van der Waals surface area contributed by atoms with Crippen LogP contribution in [0.1, 0.15) is 0 Å². The van der Waals surface area contributed by atoms with Gasteiger partial charge in [-0.2, -0.15) is 0 Å². The summed E-state index contributed by atoms with van der Waals surface area (Å²) < 4.78 is 6.45. The van der Waals surface area contributed by atoms with E-state index in [0.717, 1.165) is 10.9 Å². The zero-order valence-corrected chi connectivity index (χ0v) is 12.6. The third-order valence-corrected chi connectivity index (χ3v) is 3.80. The predicted octanol–water partition coefficient (Wildman–Crippen LogP) is 2.78. The summed E-state index contributed by atoms with van der Waals surface area (Å²) in [5.41, 5.74) is 2.51. The maximum atomic E-state index is 12.4. The number of fused-ring (bicyclic) bond motifs is 2. The molecule has 2 aromatic heterocycles. The van der Waals surface area contributed by atoms with Crippen LogP contribution in [0.15, 0.2) is 70.0 Å². The van der Waals surface area contributed by atoms with E-state index in [-0.39, 0.29) is 12.5 Å². The molecule has 4 aromatic rings. The molecule has 24 heavy (non-hydrogen) atoms. The Labute approximate surface area is 136 Å². The van der Waals surface area contributed by atoms with Gasteiger partial charge in [-0.05, 0) is 36.4 Å². The molecule has 0 spiro atoms. The highest BCUT2D eigenvalue weighted by molar-refractivity contribution is 6.01. The van der Waals surface area contributed by atoms with E-state index in [1.807, 2.05) is 24.3 Å². The van der Waals surface area contributed by atoms with Crippen molar-refractivity contribution in [3.05, 3.63) is 71.3 Å². The summed E-state index contributed by atoms with van der Waals surface area (Å²) in [6, 6.07) is 16.2. The lowest BCUT2D eigenvalue weighted by molar-refractivity contribution is -0.116. The van der Waals surface area contributed by atoms with Crippen LogP contribution in [0.4, 0.5) is 5.69 Å². The molecule has 0 fully saturated rings. The second-order valence-electron chi connectivity index (χ2n) is 5.35. The van der Waals surface area contributed by atoms with Crippen LogP contribution in [0, 0.1) is 0 Å². The first-order valence-corrected chi connectivity index (χ1v) is 7.44. The Bertz CT molecular complexity index is 1110. The van der Waals surface area contributed by atoms with E-state index >= 15 is 0 Å². The zero-order chi connectivity index (χ0) is 16.5. The van der Waals surface area contributed by atoms with Crippen LogP contribution < -0.4 is 11.1 Å². The first kappa shape index (κ1) is 14.2. The van der Waals surface area contributed by atoms with Gasteiger partial charge in [0.25, 0.3) is 0 Å². The number of hydrogen-bond donors (Lipinski definition) is 1. The first-order valence-electron chi connectivity index (χ1n) is 7.44. The summed E-state index contributed by atoms with van der Waals surface area (Å²) in [6.07, 6.45) is 1.70. The maximum Gasteiger partial charge on any atom is 0.420 e. The quantitative estimate of drug-likeness (QED) is 0.630. The Morgan fingerprint density at radius 1 is 1.08 bits per heavy atom. The van der Waals surface area contributed by atoms with Crippen LogP contribution in [0.25, 0.3) is 22.0 Å². The van der Waals surface area contributed by atoms with Gasteiger partial charge in [0.2, 0.25) is 5.91 Å². The second-order valence-corrected chi connectivity index (χ2v) is 5.35. The topological polar surface area (TPSA) is 77.1 Å². The van der Waals surface area contributed by atoms with E-state index in [1.165, 1.54) is 4.57 Å². The number of pyridine rings is 1. The van der Waals surface area contributed by atoms with Crippen molar-refractivity contribution >= 4 is 33.6 Å². The van der Waals surface area contributed by atoms with Gasteiger partial charge >= 0.3 is 5.76 Å². The van der Waals surface area contributed by atoms with Gasteiger partial charge < -0.3 is 9.73 Å². The molecule has 1 amide bonds. The molecule has 6 nitrogen and oxygen atoms in total. The van der Waals surface area contributed by atoms with E-state index in [1.54, 1.807) is 36.5 Å². The van der Waals surface area contributed by atoms with Crippen LogP contribution in [0.5, 0.6) is 0 Å². The molecular formula is C18H13N3O3. The highest BCUT2D eigenvalue weighted by Crippen LogP contribution is 2.21. The summed E-state index contributed by atoms with van der Waals surface area (Å²) in [6.45, 7) is -0.119. The standard InChI is InChI=1S/C18H13N3O3/c22-17(11-21-15-8-1-2-9-16(15)24-18(21)23)20-14-7-3-6-13-12(14)5-4-10-19-13/h1-10H,11H2,(H,20,22). The van der Waals surface area contributed by atoms with Crippen molar-refractivity contribution < 1.29 is 9.21 Å². The molecule has 118 valence electrons. The molecule has 0 aliphatic rings. The fraction of sp³-hybridized carbons (Fsp3) is 0.0556. The minimum absolute atomic E-state index is 0.119. The molecule has 2 heterocycles. The summed E-state index contributed by atoms with van der Waals surface area (Å²) in [7, 11) is 0. The average Bonchev–Trinajstić information content (AvgIpc) is 2.91. The number of carbonyl (C=O) groups is 1. The van der Waals surface area contributed by atoms with E-state index in [0.29, 0.717) is 16.8 Å². The Hall–Kier alpha value is -3.41. The van der Waals surface area contributed by atoms with E-state index in [9.17, 15) is 9.59 Å². The largest absolute Gasteiger partial charge is 0.420 e. The summed E-state index contributed by atoms with van der Waals surface area (Å²) in [5.74, 6) is -0.856. The molecule has 0 aliphatic heterocycles. The van der Waals surface area contributed by atoms with Crippen molar-refractivity contribution in [3.8, 4) is 0 Å². The van der Waals surface area contributed by atoms with Crippen LogP contribution in [-0.2, 0) is 11.3 Å². The lowest BCUT2D eigenvalue weighted by atomic mass is 10.2. The number of nitrogens with zero attached hydrogens (tertiary/aromatic N) is 2. The van der Waals surface area contributed by atoms with Crippen molar-refractivity contribution in [2.24, 2.45) is 0 Å². The third-order valence-electron chi connectivity index (χ3n) is 3.80. The fourth-order valence-electron chi connectivity index (χ4n) is 2.71. The second kappa shape index (κ2) is 5.66. The highest BCUT2D eigenvalue weighted by Gasteiger charge is 2.13. The smallest absolute Gasteiger partial charge is 0.408 e. The molecule has 0 saturated heterocycles. The van der Waals surface area contributed by atoms with Crippen molar-refractivity contribution in [1.82, 2.24) is 9.55 Å². The number of hydrogen-bond acceptors (Lipinski definition) is 4. The lowest BCUT2D eigenvalue weighted by Crippen LogP contribution is -2.24. The van der Waals surface area contributed by atoms with E-state index in [2.05, 4.69) is 10.3 Å². The Balaban J connectivity index is 1.65. The number of anilines is 1. The molecular weight excluding hydrogens is 306 g/mol. The van der Waals surface area contributed by atoms with Gasteiger partial charge in [0.15, 0.2) is 5.58 Å². The molecule has 0 bridgehead atoms. The minimum Gasteiger partial charge on any atom is -0.408 e. The van der Waals surface area contributed by atoms with Crippen molar-refractivity contribution in [3.63, 3.8) is 0 Å². The van der Waals surface area contributed by atoms with Crippen molar-refractivity contribution in [1.29, 1.82) is 0 Å². The number of benzene rings is 2. The van der Waals surface area contributed by atoms with Crippen LogP contribution in [0.3, 0.4) is 0 Å². The molecule has 0 radical (unpaired) electrons. The number of rotatable bonds is 3. The van der Waals surface area contributed by atoms with Gasteiger partial charge in [-0.25, -0.2) is 4.79 Å². The molecule has 1 N–H and O–H groups in total. The number of aromatic nitrogens is 2. The van der Waals surface area contributed by atoms with Crippen LogP contribution >= 0.6 is 0 Å². The van der Waals surface area contributed by atoms with Gasteiger partial charge in [-0.1, -0.05) is 18.2 Å². The first-order chi connectivity index (χ1) is 11.7. The van der Waals surface area contributed by atoms with Crippen LogP contribution in [0.2, 0.25) is 0 Å². The third kappa shape index (κ3) is 2.44. The Kier molecular flexibility index (Phi) is 3.35. The monoisotopic (exact) mass is 319 g/mol. The minimum atomic E-state index is -0.550. The average molecular weight is 319 g/mol.